The number of alkyl carbamates (subject to hydrolysis) is 1. The van der Waals surface area contributed by atoms with Crippen molar-refractivity contribution in [1.29, 1.82) is 0 Å². The average Bonchev–Trinajstić information content (AvgIpc) is 2.62. The van der Waals surface area contributed by atoms with Crippen LogP contribution in [0.1, 0.15) is 25.3 Å². The Kier molecular flexibility index (Phi) is 9.23. The molecule has 0 fully saturated rings. The maximum absolute atomic E-state index is 12.1. The van der Waals surface area contributed by atoms with E-state index in [-0.39, 0.29) is 32.6 Å². The number of esters is 1. The maximum Gasteiger partial charge on any atom is 0.408 e. The standard InChI is InChI=1S/C17H22N2O7/c1-2-25-15(22)10-18-16(23)13(8-9-14(20)21)19-17(24)26-11-12-6-4-3-5-7-12/h3-7,13H,2,8-11H2,1H3,(H,18,23)(H,19,24)(H,20,21)/t13-/m0/s1. The van der Waals surface area contributed by atoms with Crippen LogP contribution in [0.3, 0.4) is 0 Å². The summed E-state index contributed by atoms with van der Waals surface area (Å²) in [5.74, 6) is -2.45. The van der Waals surface area contributed by atoms with Gasteiger partial charge >= 0.3 is 18.0 Å². The zero-order chi connectivity index (χ0) is 19.4. The van der Waals surface area contributed by atoms with Gasteiger partial charge in [-0.05, 0) is 18.9 Å². The Morgan fingerprint density at radius 1 is 1.12 bits per heavy atom. The fourth-order valence-corrected chi connectivity index (χ4v) is 1.94. The zero-order valence-electron chi connectivity index (χ0n) is 14.4. The van der Waals surface area contributed by atoms with Crippen molar-refractivity contribution in [2.45, 2.75) is 32.4 Å². The van der Waals surface area contributed by atoms with Gasteiger partial charge in [-0.15, -0.1) is 0 Å². The SMILES string of the molecule is CCOC(=O)CNC(=O)[C@H](CCC(=O)O)NC(=O)OCc1ccccc1. The van der Waals surface area contributed by atoms with Crippen molar-refractivity contribution in [2.24, 2.45) is 0 Å². The third-order valence-corrected chi connectivity index (χ3v) is 3.18. The summed E-state index contributed by atoms with van der Waals surface area (Å²) >= 11 is 0. The third-order valence-electron chi connectivity index (χ3n) is 3.18. The van der Waals surface area contributed by atoms with Gasteiger partial charge in [-0.25, -0.2) is 4.79 Å². The first-order valence-corrected chi connectivity index (χ1v) is 8.04. The molecule has 0 bridgehead atoms. The van der Waals surface area contributed by atoms with Gasteiger partial charge < -0.3 is 25.2 Å². The number of ether oxygens (including phenoxy) is 2. The molecule has 0 aliphatic rings. The maximum atomic E-state index is 12.1. The molecule has 3 N–H and O–H groups in total. The molecular formula is C17H22N2O7. The van der Waals surface area contributed by atoms with Crippen LogP contribution in [0.4, 0.5) is 4.79 Å². The van der Waals surface area contributed by atoms with Crippen molar-refractivity contribution in [3.05, 3.63) is 35.9 Å². The Hall–Kier alpha value is -3.10. The molecule has 142 valence electrons. The Morgan fingerprint density at radius 2 is 1.81 bits per heavy atom. The van der Waals surface area contributed by atoms with E-state index in [4.69, 9.17) is 9.84 Å². The third kappa shape index (κ3) is 8.67. The molecule has 2 amide bonds. The predicted octanol–water partition coefficient (Wildman–Crippen LogP) is 0.826. The van der Waals surface area contributed by atoms with Crippen molar-refractivity contribution in [1.82, 2.24) is 10.6 Å². The molecule has 1 atom stereocenters. The number of hydrogen-bond donors (Lipinski definition) is 3. The summed E-state index contributed by atoms with van der Waals surface area (Å²) < 4.78 is 9.69. The highest BCUT2D eigenvalue weighted by atomic mass is 16.5. The number of carbonyl (C=O) groups is 4. The minimum absolute atomic E-state index is 0.00275. The first kappa shape index (κ1) is 20.9. The lowest BCUT2D eigenvalue weighted by molar-refractivity contribution is -0.144. The fraction of sp³-hybridized carbons (Fsp3) is 0.412. The summed E-state index contributed by atoms with van der Waals surface area (Å²) in [7, 11) is 0. The molecule has 0 aliphatic heterocycles. The number of nitrogens with one attached hydrogen (secondary N) is 2. The number of carboxylic acids is 1. The van der Waals surface area contributed by atoms with Crippen LogP contribution >= 0.6 is 0 Å². The van der Waals surface area contributed by atoms with Gasteiger partial charge in [0.2, 0.25) is 5.91 Å². The zero-order valence-corrected chi connectivity index (χ0v) is 14.4. The molecule has 0 unspecified atom stereocenters. The predicted molar refractivity (Wildman–Crippen MR) is 90.1 cm³/mol. The van der Waals surface area contributed by atoms with Crippen molar-refractivity contribution in [2.75, 3.05) is 13.2 Å². The summed E-state index contributed by atoms with van der Waals surface area (Å²) in [6.07, 6.45) is -1.35. The van der Waals surface area contributed by atoms with Crippen molar-refractivity contribution in [3.63, 3.8) is 0 Å². The van der Waals surface area contributed by atoms with Crippen molar-refractivity contribution >= 4 is 23.9 Å². The first-order chi connectivity index (χ1) is 12.4. The number of carbonyl (C=O) groups excluding carboxylic acids is 3. The van der Waals surface area contributed by atoms with Gasteiger partial charge in [0, 0.05) is 6.42 Å². The molecule has 0 saturated heterocycles. The van der Waals surface area contributed by atoms with E-state index in [0.717, 1.165) is 5.56 Å². The van der Waals surface area contributed by atoms with Crippen LogP contribution in [-0.4, -0.2) is 48.2 Å². The molecule has 26 heavy (non-hydrogen) atoms. The second-order valence-electron chi connectivity index (χ2n) is 5.21. The molecule has 0 aliphatic carbocycles. The van der Waals surface area contributed by atoms with Crippen molar-refractivity contribution < 1.29 is 33.8 Å². The van der Waals surface area contributed by atoms with E-state index in [2.05, 4.69) is 15.4 Å². The van der Waals surface area contributed by atoms with Gasteiger partial charge in [-0.3, -0.25) is 14.4 Å². The average molecular weight is 366 g/mol. The summed E-state index contributed by atoms with van der Waals surface area (Å²) in [4.78, 5) is 46.0. The molecule has 0 aromatic heterocycles. The highest BCUT2D eigenvalue weighted by molar-refractivity contribution is 5.88. The number of hydrogen-bond acceptors (Lipinski definition) is 6. The van der Waals surface area contributed by atoms with E-state index in [1.165, 1.54) is 0 Å². The number of aliphatic carboxylic acids is 1. The van der Waals surface area contributed by atoms with Crippen LogP contribution in [0.2, 0.25) is 0 Å². The molecule has 1 rings (SSSR count). The van der Waals surface area contributed by atoms with Crippen LogP contribution in [-0.2, 0) is 30.5 Å². The van der Waals surface area contributed by atoms with E-state index >= 15 is 0 Å². The smallest absolute Gasteiger partial charge is 0.408 e. The van der Waals surface area contributed by atoms with Crippen LogP contribution in [0, 0.1) is 0 Å². The summed E-state index contributed by atoms with van der Waals surface area (Å²) in [6.45, 7) is 1.42. The Labute approximate surface area is 150 Å². The van der Waals surface area contributed by atoms with Crippen LogP contribution < -0.4 is 10.6 Å². The number of rotatable bonds is 10. The quantitative estimate of drug-likeness (QED) is 0.523. The lowest BCUT2D eigenvalue weighted by Crippen LogP contribution is -2.48. The van der Waals surface area contributed by atoms with E-state index in [9.17, 15) is 19.2 Å². The van der Waals surface area contributed by atoms with Crippen molar-refractivity contribution in [3.8, 4) is 0 Å². The number of amides is 2. The second kappa shape index (κ2) is 11.5. The lowest BCUT2D eigenvalue weighted by Gasteiger charge is -2.17. The van der Waals surface area contributed by atoms with Gasteiger partial charge in [-0.1, -0.05) is 30.3 Å². The van der Waals surface area contributed by atoms with E-state index in [0.29, 0.717) is 0 Å². The summed E-state index contributed by atoms with van der Waals surface area (Å²) in [5.41, 5.74) is 0.761. The van der Waals surface area contributed by atoms with Crippen LogP contribution in [0.15, 0.2) is 30.3 Å². The van der Waals surface area contributed by atoms with Gasteiger partial charge in [-0.2, -0.15) is 0 Å². The summed E-state index contributed by atoms with van der Waals surface area (Å²) in [5, 5.41) is 13.4. The van der Waals surface area contributed by atoms with Gasteiger partial charge in [0.1, 0.15) is 19.2 Å². The van der Waals surface area contributed by atoms with E-state index in [1.807, 2.05) is 6.07 Å². The largest absolute Gasteiger partial charge is 0.481 e. The molecule has 1 aromatic rings. The monoisotopic (exact) mass is 366 g/mol. The highest BCUT2D eigenvalue weighted by Gasteiger charge is 2.23. The molecule has 9 nitrogen and oxygen atoms in total. The number of benzene rings is 1. The van der Waals surface area contributed by atoms with Gasteiger partial charge in [0.15, 0.2) is 0 Å². The molecule has 0 radical (unpaired) electrons. The fourth-order valence-electron chi connectivity index (χ4n) is 1.94. The molecule has 9 heteroatoms. The Morgan fingerprint density at radius 3 is 2.42 bits per heavy atom. The molecule has 0 spiro atoms. The highest BCUT2D eigenvalue weighted by Crippen LogP contribution is 2.03. The Balaban J connectivity index is 2.54. The normalized spacial score (nSPS) is 11.1. The van der Waals surface area contributed by atoms with E-state index in [1.54, 1.807) is 31.2 Å². The molecule has 1 aromatic carbocycles. The van der Waals surface area contributed by atoms with Crippen LogP contribution in [0.25, 0.3) is 0 Å². The summed E-state index contributed by atoms with van der Waals surface area (Å²) in [6, 6.07) is 7.77. The van der Waals surface area contributed by atoms with Gasteiger partial charge in [0.05, 0.1) is 6.61 Å². The first-order valence-electron chi connectivity index (χ1n) is 8.04. The lowest BCUT2D eigenvalue weighted by atomic mass is 10.1. The Bertz CT molecular complexity index is 619. The van der Waals surface area contributed by atoms with Gasteiger partial charge in [0.25, 0.3) is 0 Å². The molecule has 0 saturated carbocycles. The topological polar surface area (TPSA) is 131 Å². The minimum Gasteiger partial charge on any atom is -0.481 e. The minimum atomic E-state index is -1.15. The molecule has 0 heterocycles. The van der Waals surface area contributed by atoms with E-state index < -0.39 is 30.0 Å². The molecular weight excluding hydrogens is 344 g/mol. The second-order valence-corrected chi connectivity index (χ2v) is 5.21. The van der Waals surface area contributed by atoms with Crippen LogP contribution in [0.5, 0.6) is 0 Å². The number of carboxylic acid groups (broad SMARTS) is 1.